The van der Waals surface area contributed by atoms with E-state index in [1.165, 1.54) is 0 Å². The second-order valence-corrected chi connectivity index (χ2v) is 2.44. The van der Waals surface area contributed by atoms with E-state index in [4.69, 9.17) is 11.6 Å². The van der Waals surface area contributed by atoms with Crippen LogP contribution in [0.15, 0.2) is 0 Å². The summed E-state index contributed by atoms with van der Waals surface area (Å²) in [6.45, 7) is 2.10. The number of aromatic nitrogens is 3. The molecule has 0 amide bonds. The zero-order chi connectivity index (χ0) is 9.14. The maximum Gasteiger partial charge on any atom is 0.281 e. The topological polar surface area (TPSA) is 30.7 Å². The molecular formula is C6H8ClF2N3. The van der Waals surface area contributed by atoms with Crippen molar-refractivity contribution in [2.24, 2.45) is 0 Å². The number of nitrogens with zero attached hydrogens (tertiary/aromatic N) is 3. The first-order chi connectivity index (χ1) is 5.70. The highest BCUT2D eigenvalue weighted by molar-refractivity contribution is 6.16. The molecule has 3 nitrogen and oxygen atoms in total. The monoisotopic (exact) mass is 195 g/mol. The zero-order valence-electron chi connectivity index (χ0n) is 6.47. The summed E-state index contributed by atoms with van der Waals surface area (Å²) in [5, 5.41) is 7.06. The van der Waals surface area contributed by atoms with Crippen molar-refractivity contribution in [1.29, 1.82) is 0 Å². The van der Waals surface area contributed by atoms with Crippen molar-refractivity contribution < 1.29 is 8.78 Å². The lowest BCUT2D eigenvalue weighted by molar-refractivity contribution is 0.138. The zero-order valence-corrected chi connectivity index (χ0v) is 7.22. The Hall–Kier alpha value is -0.710. The normalized spacial score (nSPS) is 11.1. The number of hydrogen-bond acceptors (Lipinski definition) is 2. The van der Waals surface area contributed by atoms with Crippen LogP contribution in [0.25, 0.3) is 0 Å². The Labute approximate surface area is 73.3 Å². The first-order valence-electron chi connectivity index (χ1n) is 3.47. The van der Waals surface area contributed by atoms with Crippen LogP contribution in [0.5, 0.6) is 0 Å². The highest BCUT2D eigenvalue weighted by atomic mass is 35.5. The second kappa shape index (κ2) is 3.80. The van der Waals surface area contributed by atoms with Crippen molar-refractivity contribution >= 4 is 11.6 Å². The number of hydrogen-bond donors (Lipinski definition) is 0. The summed E-state index contributed by atoms with van der Waals surface area (Å²) in [5.41, 5.74) is -0.0129. The molecule has 68 valence electrons. The van der Waals surface area contributed by atoms with Crippen LogP contribution in [-0.2, 0) is 12.4 Å². The van der Waals surface area contributed by atoms with E-state index in [1.807, 2.05) is 0 Å². The second-order valence-electron chi connectivity index (χ2n) is 2.17. The number of rotatable bonds is 3. The quantitative estimate of drug-likeness (QED) is 0.691. The van der Waals surface area contributed by atoms with Gasteiger partial charge in [0.15, 0.2) is 0 Å². The Morgan fingerprint density at radius 2 is 2.25 bits per heavy atom. The summed E-state index contributed by atoms with van der Waals surface area (Å²) in [6.07, 6.45) is -2.56. The Bertz CT molecular complexity index is 240. The van der Waals surface area contributed by atoms with E-state index in [0.717, 1.165) is 4.68 Å². The van der Waals surface area contributed by atoms with E-state index in [-0.39, 0.29) is 17.3 Å². The number of halogens is 3. The third kappa shape index (κ3) is 1.55. The van der Waals surface area contributed by atoms with Gasteiger partial charge in [-0.25, -0.2) is 13.5 Å². The SMILES string of the molecule is CCn1nnc(CCl)c1C(F)F. The highest BCUT2D eigenvalue weighted by Crippen LogP contribution is 2.22. The molecule has 1 aromatic rings. The third-order valence-electron chi connectivity index (χ3n) is 1.48. The average molecular weight is 196 g/mol. The molecule has 0 bridgehead atoms. The van der Waals surface area contributed by atoms with Crippen molar-refractivity contribution in [3.8, 4) is 0 Å². The molecule has 12 heavy (non-hydrogen) atoms. The van der Waals surface area contributed by atoms with E-state index < -0.39 is 6.43 Å². The van der Waals surface area contributed by atoms with Crippen LogP contribution in [0.2, 0.25) is 0 Å². The molecular weight excluding hydrogens is 188 g/mol. The van der Waals surface area contributed by atoms with Crippen LogP contribution >= 0.6 is 11.6 Å². The van der Waals surface area contributed by atoms with Gasteiger partial charge in [0, 0.05) is 6.54 Å². The standard InChI is InChI=1S/C6H8ClF2N3/c1-2-12-5(6(8)9)4(3-7)10-11-12/h6H,2-3H2,1H3. The first-order valence-corrected chi connectivity index (χ1v) is 4.00. The molecule has 0 aliphatic heterocycles. The molecule has 1 rings (SSSR count). The van der Waals surface area contributed by atoms with Crippen LogP contribution in [0.1, 0.15) is 24.7 Å². The van der Waals surface area contributed by atoms with Crippen molar-refractivity contribution in [2.75, 3.05) is 0 Å². The van der Waals surface area contributed by atoms with Gasteiger partial charge in [-0.05, 0) is 6.92 Å². The van der Waals surface area contributed by atoms with Gasteiger partial charge in [0.25, 0.3) is 6.43 Å². The van der Waals surface area contributed by atoms with Gasteiger partial charge in [-0.15, -0.1) is 16.7 Å². The lowest BCUT2D eigenvalue weighted by Gasteiger charge is -2.02. The molecule has 0 radical (unpaired) electrons. The molecule has 0 aliphatic carbocycles. The minimum absolute atomic E-state index is 0.0281. The molecule has 1 heterocycles. The molecule has 0 N–H and O–H groups in total. The van der Waals surface area contributed by atoms with Crippen LogP contribution in [0.3, 0.4) is 0 Å². The third-order valence-corrected chi connectivity index (χ3v) is 1.73. The summed E-state index contributed by atoms with van der Waals surface area (Å²) in [7, 11) is 0. The molecule has 0 saturated carbocycles. The molecule has 6 heteroatoms. The summed E-state index contributed by atoms with van der Waals surface area (Å²) in [4.78, 5) is 0. The lowest BCUT2D eigenvalue weighted by atomic mass is 10.3. The van der Waals surface area contributed by atoms with E-state index in [1.54, 1.807) is 6.92 Å². The predicted octanol–water partition coefficient (Wildman–Crippen LogP) is 1.97. The van der Waals surface area contributed by atoms with E-state index >= 15 is 0 Å². The van der Waals surface area contributed by atoms with Crippen molar-refractivity contribution in [2.45, 2.75) is 25.8 Å². The maximum absolute atomic E-state index is 12.3. The van der Waals surface area contributed by atoms with Gasteiger partial charge < -0.3 is 0 Å². The first kappa shape index (κ1) is 9.38. The average Bonchev–Trinajstić information content (AvgIpc) is 2.46. The van der Waals surface area contributed by atoms with Gasteiger partial charge in [-0.3, -0.25) is 0 Å². The largest absolute Gasteiger partial charge is 0.281 e. The van der Waals surface area contributed by atoms with Crippen LogP contribution in [-0.4, -0.2) is 15.0 Å². The minimum Gasteiger partial charge on any atom is -0.244 e. The van der Waals surface area contributed by atoms with E-state index in [0.29, 0.717) is 6.54 Å². The smallest absolute Gasteiger partial charge is 0.244 e. The molecule has 0 atom stereocenters. The van der Waals surface area contributed by atoms with Gasteiger partial charge >= 0.3 is 0 Å². The Morgan fingerprint density at radius 1 is 1.58 bits per heavy atom. The van der Waals surface area contributed by atoms with Crippen molar-refractivity contribution in [3.63, 3.8) is 0 Å². The molecule has 0 saturated heterocycles. The molecule has 0 spiro atoms. The number of alkyl halides is 3. The summed E-state index contributed by atoms with van der Waals surface area (Å²) >= 11 is 5.40. The fourth-order valence-corrected chi connectivity index (χ4v) is 1.11. The summed E-state index contributed by atoms with van der Waals surface area (Å²) in [6, 6.07) is 0. The van der Waals surface area contributed by atoms with Crippen molar-refractivity contribution in [3.05, 3.63) is 11.4 Å². The van der Waals surface area contributed by atoms with Gasteiger partial charge in [-0.1, -0.05) is 5.21 Å². The lowest BCUT2D eigenvalue weighted by Crippen LogP contribution is -2.04. The van der Waals surface area contributed by atoms with Gasteiger partial charge in [0.05, 0.1) is 5.88 Å². The van der Waals surface area contributed by atoms with Gasteiger partial charge in [0.1, 0.15) is 11.4 Å². The fourth-order valence-electron chi connectivity index (χ4n) is 0.924. The predicted molar refractivity (Wildman–Crippen MR) is 40.2 cm³/mol. The summed E-state index contributed by atoms with van der Waals surface area (Å²) < 4.78 is 25.8. The molecule has 1 aromatic heterocycles. The Morgan fingerprint density at radius 3 is 2.67 bits per heavy atom. The molecule has 0 aromatic carbocycles. The van der Waals surface area contributed by atoms with Gasteiger partial charge in [-0.2, -0.15) is 0 Å². The Kier molecular flexibility index (Phi) is 2.97. The maximum atomic E-state index is 12.3. The Balaban J connectivity index is 3.07. The van der Waals surface area contributed by atoms with Gasteiger partial charge in [0.2, 0.25) is 0 Å². The van der Waals surface area contributed by atoms with Crippen LogP contribution in [0, 0.1) is 0 Å². The molecule has 0 unspecified atom stereocenters. The highest BCUT2D eigenvalue weighted by Gasteiger charge is 2.19. The molecule has 0 fully saturated rings. The van der Waals surface area contributed by atoms with Crippen molar-refractivity contribution in [1.82, 2.24) is 15.0 Å². The molecule has 0 aliphatic rings. The van der Waals surface area contributed by atoms with Crippen LogP contribution < -0.4 is 0 Å². The van der Waals surface area contributed by atoms with E-state index in [2.05, 4.69) is 10.3 Å². The minimum atomic E-state index is -2.56. The summed E-state index contributed by atoms with van der Waals surface area (Å²) in [5.74, 6) is -0.0281. The van der Waals surface area contributed by atoms with E-state index in [9.17, 15) is 8.78 Å². The number of aryl methyl sites for hydroxylation is 1. The fraction of sp³-hybridized carbons (Fsp3) is 0.667. The van der Waals surface area contributed by atoms with Crippen LogP contribution in [0.4, 0.5) is 8.78 Å².